The second kappa shape index (κ2) is 6.40. The molecule has 0 radical (unpaired) electrons. The molecule has 0 aromatic heterocycles. The normalized spacial score (nSPS) is 9.93. The van der Waals surface area contributed by atoms with Crippen LogP contribution in [-0.2, 0) is 0 Å². The number of anilines is 2. The highest BCUT2D eigenvalue weighted by molar-refractivity contribution is 7.99. The van der Waals surface area contributed by atoms with Gasteiger partial charge < -0.3 is 11.1 Å². The number of aryl methyl sites for hydroxylation is 1. The largest absolute Gasteiger partial charge is 0.399 e. The molecule has 0 aliphatic heterocycles. The fourth-order valence-corrected chi connectivity index (χ4v) is 1.80. The van der Waals surface area contributed by atoms with Gasteiger partial charge in [-0.1, -0.05) is 6.08 Å². The minimum Gasteiger partial charge on any atom is -0.399 e. The summed E-state index contributed by atoms with van der Waals surface area (Å²) in [7, 11) is 0. The fourth-order valence-electron chi connectivity index (χ4n) is 1.22. The summed E-state index contributed by atoms with van der Waals surface area (Å²) in [6, 6.07) is 6.03. The van der Waals surface area contributed by atoms with Crippen LogP contribution in [0.4, 0.5) is 11.4 Å². The van der Waals surface area contributed by atoms with Crippen LogP contribution in [0.25, 0.3) is 0 Å². The van der Waals surface area contributed by atoms with Gasteiger partial charge in [0.25, 0.3) is 0 Å². The summed E-state index contributed by atoms with van der Waals surface area (Å²) in [6.07, 6.45) is 1.93. The maximum absolute atomic E-state index is 5.74. The number of benzene rings is 1. The highest BCUT2D eigenvalue weighted by Crippen LogP contribution is 2.16. The van der Waals surface area contributed by atoms with Crippen LogP contribution in [0.5, 0.6) is 0 Å². The van der Waals surface area contributed by atoms with E-state index in [0.29, 0.717) is 0 Å². The molecule has 3 N–H and O–H groups in total. The van der Waals surface area contributed by atoms with Gasteiger partial charge in [-0.25, -0.2) is 0 Å². The molecule has 3 heteroatoms. The van der Waals surface area contributed by atoms with E-state index in [-0.39, 0.29) is 0 Å². The average Bonchev–Trinajstić information content (AvgIpc) is 2.23. The van der Waals surface area contributed by atoms with Crippen LogP contribution in [0, 0.1) is 6.92 Å². The van der Waals surface area contributed by atoms with Gasteiger partial charge in [0, 0.05) is 29.4 Å². The standard InChI is InChI=1S/C12H18N2S/c1-3-7-15-8-6-14-11-4-5-12(13)10(2)9-11/h3-5,9,14H,1,6-8,13H2,2H3. The van der Waals surface area contributed by atoms with Gasteiger partial charge >= 0.3 is 0 Å². The van der Waals surface area contributed by atoms with Crippen LogP contribution in [0.1, 0.15) is 5.56 Å². The van der Waals surface area contributed by atoms with E-state index in [2.05, 4.69) is 18.0 Å². The minimum absolute atomic E-state index is 0.849. The SMILES string of the molecule is C=CCSCCNc1ccc(N)c(C)c1. The number of hydrogen-bond acceptors (Lipinski definition) is 3. The molecule has 0 amide bonds. The topological polar surface area (TPSA) is 38.0 Å². The van der Waals surface area contributed by atoms with Crippen molar-refractivity contribution >= 4 is 23.1 Å². The lowest BCUT2D eigenvalue weighted by Crippen LogP contribution is -2.04. The maximum Gasteiger partial charge on any atom is 0.0345 e. The summed E-state index contributed by atoms with van der Waals surface area (Å²) in [5.74, 6) is 2.11. The number of nitrogens with two attached hydrogens (primary N) is 1. The van der Waals surface area contributed by atoms with Crippen LogP contribution in [0.15, 0.2) is 30.9 Å². The van der Waals surface area contributed by atoms with E-state index in [1.807, 2.05) is 36.9 Å². The summed E-state index contributed by atoms with van der Waals surface area (Å²) in [5.41, 5.74) is 8.85. The number of hydrogen-bond donors (Lipinski definition) is 2. The van der Waals surface area contributed by atoms with Gasteiger partial charge in [-0.05, 0) is 30.7 Å². The van der Waals surface area contributed by atoms with Crippen molar-refractivity contribution in [3.05, 3.63) is 36.4 Å². The molecule has 1 aromatic carbocycles. The quantitative estimate of drug-likeness (QED) is 0.441. The maximum atomic E-state index is 5.74. The zero-order valence-corrected chi connectivity index (χ0v) is 9.94. The Morgan fingerprint density at radius 2 is 2.33 bits per heavy atom. The van der Waals surface area contributed by atoms with Gasteiger partial charge in [0.1, 0.15) is 0 Å². The van der Waals surface area contributed by atoms with Crippen LogP contribution >= 0.6 is 11.8 Å². The summed E-state index contributed by atoms with van der Waals surface area (Å²) < 4.78 is 0. The van der Waals surface area contributed by atoms with Crippen molar-refractivity contribution in [1.82, 2.24) is 0 Å². The molecule has 0 fully saturated rings. The van der Waals surface area contributed by atoms with E-state index in [1.54, 1.807) is 0 Å². The van der Waals surface area contributed by atoms with Crippen molar-refractivity contribution in [3.8, 4) is 0 Å². The van der Waals surface area contributed by atoms with E-state index >= 15 is 0 Å². The summed E-state index contributed by atoms with van der Waals surface area (Å²) in [5, 5.41) is 3.36. The van der Waals surface area contributed by atoms with Crippen LogP contribution in [0.2, 0.25) is 0 Å². The Labute approximate surface area is 95.9 Å². The Balaban J connectivity index is 2.31. The first-order valence-corrected chi connectivity index (χ1v) is 6.18. The molecule has 0 aliphatic carbocycles. The van der Waals surface area contributed by atoms with Gasteiger partial charge in [-0.3, -0.25) is 0 Å². The van der Waals surface area contributed by atoms with Crippen molar-refractivity contribution in [2.24, 2.45) is 0 Å². The van der Waals surface area contributed by atoms with Gasteiger partial charge in [-0.2, -0.15) is 11.8 Å². The van der Waals surface area contributed by atoms with Gasteiger partial charge in [0.15, 0.2) is 0 Å². The second-order valence-corrected chi connectivity index (χ2v) is 4.51. The van der Waals surface area contributed by atoms with E-state index < -0.39 is 0 Å². The zero-order valence-electron chi connectivity index (χ0n) is 9.12. The molecule has 0 bridgehead atoms. The van der Waals surface area contributed by atoms with Crippen LogP contribution in [0.3, 0.4) is 0 Å². The summed E-state index contributed by atoms with van der Waals surface area (Å²) in [4.78, 5) is 0. The number of nitrogens with one attached hydrogen (secondary N) is 1. The molecule has 0 atom stereocenters. The van der Waals surface area contributed by atoms with Gasteiger partial charge in [0.05, 0.1) is 0 Å². The molecule has 0 saturated heterocycles. The molecule has 1 aromatic rings. The Morgan fingerprint density at radius 3 is 3.00 bits per heavy atom. The molecule has 82 valence electrons. The Kier molecular flexibility index (Phi) is 5.12. The average molecular weight is 222 g/mol. The molecular formula is C12H18N2S. The van der Waals surface area contributed by atoms with Crippen molar-refractivity contribution < 1.29 is 0 Å². The first kappa shape index (κ1) is 12.0. The smallest absolute Gasteiger partial charge is 0.0345 e. The third-order valence-electron chi connectivity index (χ3n) is 2.08. The lowest BCUT2D eigenvalue weighted by molar-refractivity contribution is 1.22. The highest BCUT2D eigenvalue weighted by Gasteiger charge is 1.95. The molecule has 0 unspecified atom stereocenters. The first-order valence-electron chi connectivity index (χ1n) is 5.02. The number of nitrogen functional groups attached to an aromatic ring is 1. The molecule has 0 spiro atoms. The number of rotatable bonds is 6. The predicted octanol–water partition coefficient (Wildman–Crippen LogP) is 2.91. The summed E-state index contributed by atoms with van der Waals surface area (Å²) in [6.45, 7) is 6.68. The van der Waals surface area contributed by atoms with Gasteiger partial charge in [-0.15, -0.1) is 6.58 Å². The molecule has 2 nitrogen and oxygen atoms in total. The lowest BCUT2D eigenvalue weighted by Gasteiger charge is -2.07. The predicted molar refractivity (Wildman–Crippen MR) is 71.6 cm³/mol. The molecule has 0 aliphatic rings. The zero-order chi connectivity index (χ0) is 11.1. The third-order valence-corrected chi connectivity index (χ3v) is 3.05. The van der Waals surface area contributed by atoms with E-state index in [0.717, 1.165) is 35.0 Å². The fraction of sp³-hybridized carbons (Fsp3) is 0.333. The van der Waals surface area contributed by atoms with Crippen molar-refractivity contribution in [2.45, 2.75) is 6.92 Å². The monoisotopic (exact) mass is 222 g/mol. The Bertz CT molecular complexity index is 323. The second-order valence-electron chi connectivity index (χ2n) is 3.36. The van der Waals surface area contributed by atoms with Crippen LogP contribution < -0.4 is 11.1 Å². The van der Waals surface area contributed by atoms with Gasteiger partial charge in [0.2, 0.25) is 0 Å². The van der Waals surface area contributed by atoms with Crippen molar-refractivity contribution in [1.29, 1.82) is 0 Å². The Hall–Kier alpha value is -1.09. The minimum atomic E-state index is 0.849. The van der Waals surface area contributed by atoms with E-state index in [4.69, 9.17) is 5.73 Å². The molecule has 0 saturated carbocycles. The molecular weight excluding hydrogens is 204 g/mol. The number of thioether (sulfide) groups is 1. The van der Waals surface area contributed by atoms with Crippen molar-refractivity contribution in [3.63, 3.8) is 0 Å². The third kappa shape index (κ3) is 4.30. The first-order chi connectivity index (χ1) is 7.24. The Morgan fingerprint density at radius 1 is 1.53 bits per heavy atom. The van der Waals surface area contributed by atoms with Crippen molar-refractivity contribution in [2.75, 3.05) is 29.1 Å². The summed E-state index contributed by atoms with van der Waals surface area (Å²) >= 11 is 1.87. The lowest BCUT2D eigenvalue weighted by atomic mass is 10.2. The molecule has 1 rings (SSSR count). The van der Waals surface area contributed by atoms with Crippen LogP contribution in [-0.4, -0.2) is 18.1 Å². The van der Waals surface area contributed by atoms with E-state index in [9.17, 15) is 0 Å². The molecule has 15 heavy (non-hydrogen) atoms. The highest BCUT2D eigenvalue weighted by atomic mass is 32.2. The molecule has 0 heterocycles. The van der Waals surface area contributed by atoms with E-state index in [1.165, 1.54) is 0 Å².